The summed E-state index contributed by atoms with van der Waals surface area (Å²) < 4.78 is 42.9. The average Bonchev–Trinajstić information content (AvgIpc) is 3.07. The molecule has 1 saturated carbocycles. The minimum atomic E-state index is -4.47. The van der Waals surface area contributed by atoms with Gasteiger partial charge in [0.05, 0.1) is 11.0 Å². The number of carbonyl (C=O) groups is 3. The van der Waals surface area contributed by atoms with Crippen LogP contribution in [0, 0.1) is 5.41 Å². The second-order valence-corrected chi connectivity index (χ2v) is 8.66. The predicted molar refractivity (Wildman–Crippen MR) is 104 cm³/mol. The SMILES string of the molecule is CC(C)(C)NC(=O)CC1(C(=O)OCC(=O)Nc2ccc(C(F)(F)F)cc2)CCCC1. The van der Waals surface area contributed by atoms with Gasteiger partial charge >= 0.3 is 12.1 Å². The number of ether oxygens (including phenoxy) is 1. The lowest BCUT2D eigenvalue weighted by Gasteiger charge is -2.28. The molecular formula is C21H27F3N2O4. The van der Waals surface area contributed by atoms with Gasteiger partial charge in [-0.1, -0.05) is 12.8 Å². The van der Waals surface area contributed by atoms with Crippen LogP contribution in [0.25, 0.3) is 0 Å². The van der Waals surface area contributed by atoms with Gasteiger partial charge in [-0.15, -0.1) is 0 Å². The van der Waals surface area contributed by atoms with E-state index in [1.807, 2.05) is 20.8 Å². The third-order valence-corrected chi connectivity index (χ3v) is 4.84. The second kappa shape index (κ2) is 9.06. The Bertz CT molecular complexity index is 777. The normalized spacial score (nSPS) is 16.1. The molecule has 0 aliphatic heterocycles. The largest absolute Gasteiger partial charge is 0.455 e. The summed E-state index contributed by atoms with van der Waals surface area (Å²) in [5.74, 6) is -1.53. The van der Waals surface area contributed by atoms with Crippen LogP contribution in [0.5, 0.6) is 0 Å². The van der Waals surface area contributed by atoms with Gasteiger partial charge in [-0.2, -0.15) is 13.2 Å². The van der Waals surface area contributed by atoms with Crippen molar-refractivity contribution < 1.29 is 32.3 Å². The Labute approximate surface area is 173 Å². The zero-order valence-electron chi connectivity index (χ0n) is 17.3. The highest BCUT2D eigenvalue weighted by molar-refractivity contribution is 5.93. The Hall–Kier alpha value is -2.58. The molecule has 1 fully saturated rings. The van der Waals surface area contributed by atoms with Crippen LogP contribution in [0.4, 0.5) is 18.9 Å². The van der Waals surface area contributed by atoms with Crippen molar-refractivity contribution in [2.75, 3.05) is 11.9 Å². The van der Waals surface area contributed by atoms with Crippen LogP contribution in [-0.2, 0) is 25.3 Å². The third-order valence-electron chi connectivity index (χ3n) is 4.84. The number of halogens is 3. The number of hydrogen-bond donors (Lipinski definition) is 2. The van der Waals surface area contributed by atoms with E-state index in [-0.39, 0.29) is 18.0 Å². The molecule has 1 aliphatic rings. The summed E-state index contributed by atoms with van der Waals surface area (Å²) in [5.41, 5.74) is -2.06. The highest BCUT2D eigenvalue weighted by Crippen LogP contribution is 2.42. The van der Waals surface area contributed by atoms with Crippen LogP contribution in [0.1, 0.15) is 58.4 Å². The molecule has 0 aromatic heterocycles. The summed E-state index contributed by atoms with van der Waals surface area (Å²) in [5, 5.41) is 5.22. The Morgan fingerprint density at radius 3 is 2.07 bits per heavy atom. The number of anilines is 1. The lowest BCUT2D eigenvalue weighted by molar-refractivity contribution is -0.160. The van der Waals surface area contributed by atoms with E-state index in [4.69, 9.17) is 4.74 Å². The molecular weight excluding hydrogens is 401 g/mol. The van der Waals surface area contributed by atoms with Crippen molar-refractivity contribution in [1.29, 1.82) is 0 Å². The molecule has 0 heterocycles. The number of amides is 2. The molecule has 166 valence electrons. The van der Waals surface area contributed by atoms with Crippen LogP contribution in [0.15, 0.2) is 24.3 Å². The van der Waals surface area contributed by atoms with Crippen molar-refractivity contribution in [3.63, 3.8) is 0 Å². The molecule has 1 aromatic rings. The summed E-state index contributed by atoms with van der Waals surface area (Å²) in [6, 6.07) is 3.95. The molecule has 2 amide bonds. The Kier molecular flexibility index (Phi) is 7.15. The van der Waals surface area contributed by atoms with Crippen LogP contribution in [0.2, 0.25) is 0 Å². The molecule has 30 heavy (non-hydrogen) atoms. The molecule has 1 aliphatic carbocycles. The van der Waals surface area contributed by atoms with Crippen LogP contribution in [0.3, 0.4) is 0 Å². The van der Waals surface area contributed by atoms with E-state index in [0.717, 1.165) is 37.1 Å². The van der Waals surface area contributed by atoms with E-state index in [2.05, 4.69) is 10.6 Å². The molecule has 0 spiro atoms. The maximum Gasteiger partial charge on any atom is 0.416 e. The fraction of sp³-hybridized carbons (Fsp3) is 0.571. The van der Waals surface area contributed by atoms with E-state index < -0.39 is 41.2 Å². The molecule has 0 bridgehead atoms. The highest BCUT2D eigenvalue weighted by Gasteiger charge is 2.44. The van der Waals surface area contributed by atoms with Crippen molar-refractivity contribution in [3.8, 4) is 0 Å². The molecule has 0 saturated heterocycles. The number of esters is 1. The molecule has 9 heteroatoms. The first kappa shape index (κ1) is 23.7. The van der Waals surface area contributed by atoms with E-state index in [1.165, 1.54) is 0 Å². The van der Waals surface area contributed by atoms with Crippen molar-refractivity contribution in [2.45, 2.75) is 64.6 Å². The fourth-order valence-corrected chi connectivity index (χ4v) is 3.50. The van der Waals surface area contributed by atoms with Gasteiger partial charge in [0.1, 0.15) is 0 Å². The van der Waals surface area contributed by atoms with Gasteiger partial charge in [0, 0.05) is 17.6 Å². The number of rotatable bonds is 6. The Morgan fingerprint density at radius 2 is 1.57 bits per heavy atom. The van der Waals surface area contributed by atoms with Crippen LogP contribution < -0.4 is 10.6 Å². The summed E-state index contributed by atoms with van der Waals surface area (Å²) in [6.07, 6.45) is -1.89. The van der Waals surface area contributed by atoms with E-state index in [0.29, 0.717) is 12.8 Å². The molecule has 0 atom stereocenters. The van der Waals surface area contributed by atoms with Gasteiger partial charge in [-0.25, -0.2) is 0 Å². The quantitative estimate of drug-likeness (QED) is 0.670. The number of carbonyl (C=O) groups excluding carboxylic acids is 3. The molecule has 0 radical (unpaired) electrons. The third kappa shape index (κ3) is 6.74. The van der Waals surface area contributed by atoms with Crippen LogP contribution in [-0.4, -0.2) is 29.9 Å². The van der Waals surface area contributed by atoms with Gasteiger partial charge in [-0.05, 0) is 57.9 Å². The maximum absolute atomic E-state index is 12.7. The van der Waals surface area contributed by atoms with E-state index in [1.54, 1.807) is 0 Å². The Morgan fingerprint density at radius 1 is 1.00 bits per heavy atom. The smallest absolute Gasteiger partial charge is 0.416 e. The Balaban J connectivity index is 1.92. The summed E-state index contributed by atoms with van der Waals surface area (Å²) >= 11 is 0. The first-order chi connectivity index (χ1) is 13.8. The lowest BCUT2D eigenvalue weighted by atomic mass is 9.82. The van der Waals surface area contributed by atoms with Crippen molar-refractivity contribution in [3.05, 3.63) is 29.8 Å². The molecule has 2 rings (SSSR count). The van der Waals surface area contributed by atoms with Gasteiger partial charge in [-0.3, -0.25) is 14.4 Å². The number of hydrogen-bond acceptors (Lipinski definition) is 4. The fourth-order valence-electron chi connectivity index (χ4n) is 3.50. The van der Waals surface area contributed by atoms with Gasteiger partial charge < -0.3 is 15.4 Å². The van der Waals surface area contributed by atoms with Crippen LogP contribution >= 0.6 is 0 Å². The van der Waals surface area contributed by atoms with Gasteiger partial charge in [0.25, 0.3) is 5.91 Å². The minimum absolute atomic E-state index is 0.0103. The van der Waals surface area contributed by atoms with Crippen molar-refractivity contribution in [2.24, 2.45) is 5.41 Å². The second-order valence-electron chi connectivity index (χ2n) is 8.66. The number of benzene rings is 1. The molecule has 2 N–H and O–H groups in total. The van der Waals surface area contributed by atoms with Crippen molar-refractivity contribution in [1.82, 2.24) is 5.32 Å². The zero-order valence-corrected chi connectivity index (χ0v) is 17.3. The predicted octanol–water partition coefficient (Wildman–Crippen LogP) is 4.05. The number of alkyl halides is 3. The number of nitrogens with one attached hydrogen (secondary N) is 2. The van der Waals surface area contributed by atoms with Gasteiger partial charge in [0.2, 0.25) is 5.91 Å². The first-order valence-electron chi connectivity index (χ1n) is 9.76. The van der Waals surface area contributed by atoms with E-state index >= 15 is 0 Å². The maximum atomic E-state index is 12.7. The average molecular weight is 428 g/mol. The molecule has 1 aromatic carbocycles. The standard InChI is InChI=1S/C21H27F3N2O4/c1-19(2,3)26-16(27)12-20(10-4-5-11-20)18(29)30-13-17(28)25-15-8-6-14(7-9-15)21(22,23)24/h6-9H,4-5,10-13H2,1-3H3,(H,25,28)(H,26,27). The summed E-state index contributed by atoms with van der Waals surface area (Å²) in [6.45, 7) is 4.95. The summed E-state index contributed by atoms with van der Waals surface area (Å²) in [7, 11) is 0. The topological polar surface area (TPSA) is 84.5 Å². The van der Waals surface area contributed by atoms with E-state index in [9.17, 15) is 27.6 Å². The molecule has 0 unspecified atom stereocenters. The lowest BCUT2D eigenvalue weighted by Crippen LogP contribution is -2.44. The zero-order chi connectivity index (χ0) is 22.6. The highest BCUT2D eigenvalue weighted by atomic mass is 19.4. The minimum Gasteiger partial charge on any atom is -0.455 e. The van der Waals surface area contributed by atoms with Crippen molar-refractivity contribution >= 4 is 23.5 Å². The first-order valence-corrected chi connectivity index (χ1v) is 9.76. The monoisotopic (exact) mass is 428 g/mol. The van der Waals surface area contributed by atoms with Gasteiger partial charge in [0.15, 0.2) is 6.61 Å². The molecule has 6 nitrogen and oxygen atoms in total. The summed E-state index contributed by atoms with van der Waals surface area (Å²) in [4.78, 5) is 37.0.